The van der Waals surface area contributed by atoms with Crippen molar-refractivity contribution in [2.45, 2.75) is 52.2 Å². The van der Waals surface area contributed by atoms with Gasteiger partial charge >= 0.3 is 6.09 Å². The first-order chi connectivity index (χ1) is 14.3. The molecule has 2 aliphatic heterocycles. The second kappa shape index (κ2) is 9.69. The SMILES string of the molecule is CCNC(=NCC(NC(=O)OC(C)(C)C)c1ccccc1)N1CCC2(CCOC2)C1. The molecule has 2 fully saturated rings. The zero-order chi connectivity index (χ0) is 21.6. The fourth-order valence-corrected chi connectivity index (χ4v) is 4.06. The molecular formula is C23H36N4O3. The van der Waals surface area contributed by atoms with Crippen LogP contribution >= 0.6 is 0 Å². The molecule has 1 spiro atoms. The molecule has 3 rings (SSSR count). The molecule has 2 unspecified atom stereocenters. The molecule has 1 aromatic carbocycles. The molecule has 0 saturated carbocycles. The minimum atomic E-state index is -0.545. The average molecular weight is 417 g/mol. The summed E-state index contributed by atoms with van der Waals surface area (Å²) in [7, 11) is 0. The summed E-state index contributed by atoms with van der Waals surface area (Å²) in [6.45, 7) is 12.5. The number of rotatable bonds is 5. The maximum atomic E-state index is 12.4. The molecule has 30 heavy (non-hydrogen) atoms. The summed E-state index contributed by atoms with van der Waals surface area (Å²) in [5, 5.41) is 6.41. The van der Waals surface area contributed by atoms with Crippen LogP contribution in [0.25, 0.3) is 0 Å². The Balaban J connectivity index is 1.72. The minimum absolute atomic E-state index is 0.263. The van der Waals surface area contributed by atoms with Crippen molar-refractivity contribution in [3.05, 3.63) is 35.9 Å². The summed E-state index contributed by atoms with van der Waals surface area (Å²) in [6, 6.07) is 9.66. The molecule has 0 radical (unpaired) electrons. The molecule has 166 valence electrons. The number of nitrogens with one attached hydrogen (secondary N) is 2. The van der Waals surface area contributed by atoms with Gasteiger partial charge in [-0.05, 0) is 46.1 Å². The summed E-state index contributed by atoms with van der Waals surface area (Å²) in [4.78, 5) is 19.6. The first-order valence-electron chi connectivity index (χ1n) is 11.0. The molecule has 0 bridgehead atoms. The van der Waals surface area contributed by atoms with Gasteiger partial charge in [0, 0.05) is 31.7 Å². The number of hydrogen-bond donors (Lipinski definition) is 2. The van der Waals surface area contributed by atoms with Crippen molar-refractivity contribution in [1.82, 2.24) is 15.5 Å². The minimum Gasteiger partial charge on any atom is -0.444 e. The van der Waals surface area contributed by atoms with E-state index in [1.807, 2.05) is 51.1 Å². The standard InChI is InChI=1S/C23H36N4O3/c1-5-24-20(27-13-11-23(16-27)12-14-29-17-23)25-15-19(18-9-7-6-8-10-18)26-21(28)30-22(2,3)4/h6-10,19H,5,11-17H2,1-4H3,(H,24,25)(H,26,28). The highest BCUT2D eigenvalue weighted by molar-refractivity contribution is 5.80. The van der Waals surface area contributed by atoms with E-state index >= 15 is 0 Å². The van der Waals surface area contributed by atoms with Crippen molar-refractivity contribution < 1.29 is 14.3 Å². The molecule has 1 aromatic rings. The van der Waals surface area contributed by atoms with Crippen molar-refractivity contribution in [2.24, 2.45) is 10.4 Å². The highest BCUT2D eigenvalue weighted by Gasteiger charge is 2.42. The predicted molar refractivity (Wildman–Crippen MR) is 119 cm³/mol. The Hall–Kier alpha value is -2.28. The Morgan fingerprint density at radius 1 is 1.30 bits per heavy atom. The second-order valence-corrected chi connectivity index (χ2v) is 9.28. The van der Waals surface area contributed by atoms with Crippen LogP contribution in [0.4, 0.5) is 4.79 Å². The first-order valence-corrected chi connectivity index (χ1v) is 11.0. The van der Waals surface area contributed by atoms with E-state index in [9.17, 15) is 4.79 Å². The molecule has 0 aliphatic carbocycles. The lowest BCUT2D eigenvalue weighted by Crippen LogP contribution is -2.42. The first kappa shape index (κ1) is 22.4. The number of nitrogens with zero attached hydrogens (tertiary/aromatic N) is 2. The maximum Gasteiger partial charge on any atom is 0.408 e. The van der Waals surface area contributed by atoms with Gasteiger partial charge in [-0.2, -0.15) is 0 Å². The van der Waals surface area contributed by atoms with Crippen molar-refractivity contribution in [3.63, 3.8) is 0 Å². The lowest BCUT2D eigenvalue weighted by molar-refractivity contribution is 0.0505. The van der Waals surface area contributed by atoms with E-state index in [2.05, 4.69) is 22.5 Å². The molecule has 7 heteroatoms. The number of benzene rings is 1. The van der Waals surface area contributed by atoms with Crippen LogP contribution in [0.15, 0.2) is 35.3 Å². The lowest BCUT2D eigenvalue weighted by Gasteiger charge is -2.26. The number of aliphatic imine (C=N–C) groups is 1. The topological polar surface area (TPSA) is 75.2 Å². The zero-order valence-electron chi connectivity index (χ0n) is 18.7. The molecule has 2 atom stereocenters. The summed E-state index contributed by atoms with van der Waals surface area (Å²) in [6.07, 6.45) is 1.82. The van der Waals surface area contributed by atoms with Gasteiger partial charge in [0.1, 0.15) is 5.60 Å². The number of amides is 1. The summed E-state index contributed by atoms with van der Waals surface area (Å²) in [5.41, 5.74) is 0.727. The van der Waals surface area contributed by atoms with Crippen LogP contribution in [-0.2, 0) is 9.47 Å². The summed E-state index contributed by atoms with van der Waals surface area (Å²) >= 11 is 0. The lowest BCUT2D eigenvalue weighted by atomic mass is 9.87. The summed E-state index contributed by atoms with van der Waals surface area (Å²) in [5.74, 6) is 0.896. The largest absolute Gasteiger partial charge is 0.444 e. The van der Waals surface area contributed by atoms with Crippen LogP contribution in [0, 0.1) is 5.41 Å². The van der Waals surface area contributed by atoms with E-state index in [4.69, 9.17) is 14.5 Å². The Morgan fingerprint density at radius 3 is 2.70 bits per heavy atom. The van der Waals surface area contributed by atoms with Crippen LogP contribution in [0.5, 0.6) is 0 Å². The number of ether oxygens (including phenoxy) is 2. The smallest absolute Gasteiger partial charge is 0.408 e. The highest BCUT2D eigenvalue weighted by Crippen LogP contribution is 2.38. The molecule has 7 nitrogen and oxygen atoms in total. The van der Waals surface area contributed by atoms with Gasteiger partial charge in [0.15, 0.2) is 5.96 Å². The average Bonchev–Trinajstić information content (AvgIpc) is 3.33. The van der Waals surface area contributed by atoms with Gasteiger partial charge in [-0.15, -0.1) is 0 Å². The van der Waals surface area contributed by atoms with Crippen LogP contribution < -0.4 is 10.6 Å². The zero-order valence-corrected chi connectivity index (χ0v) is 18.7. The Bertz CT molecular complexity index is 724. The van der Waals surface area contributed by atoms with Crippen molar-refractivity contribution in [2.75, 3.05) is 39.4 Å². The maximum absolute atomic E-state index is 12.4. The fourth-order valence-electron chi connectivity index (χ4n) is 4.06. The third-order valence-corrected chi connectivity index (χ3v) is 5.57. The van der Waals surface area contributed by atoms with Crippen LogP contribution in [0.2, 0.25) is 0 Å². The van der Waals surface area contributed by atoms with Crippen molar-refractivity contribution in [1.29, 1.82) is 0 Å². The van der Waals surface area contributed by atoms with E-state index < -0.39 is 11.7 Å². The van der Waals surface area contributed by atoms with Crippen molar-refractivity contribution >= 4 is 12.1 Å². The predicted octanol–water partition coefficient (Wildman–Crippen LogP) is 3.33. The Morgan fingerprint density at radius 2 is 2.07 bits per heavy atom. The molecule has 2 heterocycles. The fraction of sp³-hybridized carbons (Fsp3) is 0.652. The van der Waals surface area contributed by atoms with Gasteiger partial charge in [-0.1, -0.05) is 30.3 Å². The van der Waals surface area contributed by atoms with E-state index in [-0.39, 0.29) is 11.5 Å². The number of carbonyl (C=O) groups is 1. The number of hydrogen-bond acceptors (Lipinski definition) is 4. The van der Waals surface area contributed by atoms with E-state index in [1.54, 1.807) is 0 Å². The van der Waals surface area contributed by atoms with Gasteiger partial charge in [0.05, 0.1) is 19.2 Å². The van der Waals surface area contributed by atoms with Gasteiger partial charge in [0.2, 0.25) is 0 Å². The molecule has 2 N–H and O–H groups in total. The number of alkyl carbamates (subject to hydrolysis) is 1. The third kappa shape index (κ3) is 6.11. The third-order valence-electron chi connectivity index (χ3n) is 5.57. The van der Waals surface area contributed by atoms with E-state index in [0.29, 0.717) is 6.54 Å². The molecule has 2 aliphatic rings. The van der Waals surface area contributed by atoms with Gasteiger partial charge in [-0.25, -0.2) is 4.79 Å². The normalized spacial score (nSPS) is 22.9. The van der Waals surface area contributed by atoms with Gasteiger partial charge < -0.3 is 25.0 Å². The second-order valence-electron chi connectivity index (χ2n) is 9.28. The molecular weight excluding hydrogens is 380 g/mol. The van der Waals surface area contributed by atoms with Crippen LogP contribution in [0.3, 0.4) is 0 Å². The summed E-state index contributed by atoms with van der Waals surface area (Å²) < 4.78 is 11.1. The molecule has 1 amide bonds. The van der Waals surface area contributed by atoms with Gasteiger partial charge in [-0.3, -0.25) is 4.99 Å². The quantitative estimate of drug-likeness (QED) is 0.569. The monoisotopic (exact) mass is 416 g/mol. The number of guanidine groups is 1. The van der Waals surface area contributed by atoms with Crippen molar-refractivity contribution in [3.8, 4) is 0 Å². The van der Waals surface area contributed by atoms with Crippen LogP contribution in [-0.4, -0.2) is 61.9 Å². The molecule has 0 aromatic heterocycles. The Labute approximate surface area is 180 Å². The highest BCUT2D eigenvalue weighted by atomic mass is 16.6. The van der Waals surface area contributed by atoms with E-state index in [1.165, 1.54) is 0 Å². The van der Waals surface area contributed by atoms with Crippen LogP contribution in [0.1, 0.15) is 52.1 Å². The number of likely N-dealkylation sites (tertiary alicyclic amines) is 1. The van der Waals surface area contributed by atoms with Gasteiger partial charge in [0.25, 0.3) is 0 Å². The molecule has 2 saturated heterocycles. The Kier molecular flexibility index (Phi) is 7.23. The van der Waals surface area contributed by atoms with E-state index in [0.717, 1.165) is 57.2 Å². The number of carbonyl (C=O) groups excluding carboxylic acids is 1.